The molecule has 2 heteroatoms. The third-order valence-electron chi connectivity index (χ3n) is 2.84. The molecule has 0 rings (SSSR count). The first kappa shape index (κ1) is 17.9. The highest BCUT2D eigenvalue weighted by Crippen LogP contribution is 2.33. The normalized spacial score (nSPS) is 15.0. The van der Waals surface area contributed by atoms with Crippen molar-refractivity contribution in [2.24, 2.45) is 0 Å². The molecule has 0 heterocycles. The van der Waals surface area contributed by atoms with Gasteiger partial charge in [-0.1, -0.05) is 6.92 Å². The summed E-state index contributed by atoms with van der Waals surface area (Å²) in [4.78, 5) is 0. The Balaban J connectivity index is 4.66. The predicted octanol–water partition coefficient (Wildman–Crippen LogP) is 4.95. The van der Waals surface area contributed by atoms with Gasteiger partial charge in [0, 0.05) is 6.42 Å². The molecule has 110 valence electrons. The van der Waals surface area contributed by atoms with E-state index in [0.717, 1.165) is 12.8 Å². The minimum atomic E-state index is -0.189. The summed E-state index contributed by atoms with van der Waals surface area (Å²) in [6.07, 6.45) is 1.89. The van der Waals surface area contributed by atoms with Crippen molar-refractivity contribution < 1.29 is 9.47 Å². The summed E-state index contributed by atoms with van der Waals surface area (Å²) in [7, 11) is 0. The van der Waals surface area contributed by atoms with Crippen LogP contribution in [-0.2, 0) is 9.47 Å². The van der Waals surface area contributed by atoms with Gasteiger partial charge in [0.2, 0.25) is 0 Å². The molecule has 0 amide bonds. The Morgan fingerprint density at radius 2 is 1.00 bits per heavy atom. The van der Waals surface area contributed by atoms with Crippen molar-refractivity contribution in [2.45, 2.75) is 104 Å². The van der Waals surface area contributed by atoms with E-state index in [0.29, 0.717) is 0 Å². The number of ether oxygens (including phenoxy) is 2. The molecule has 0 N–H and O–H groups in total. The molecule has 0 aliphatic rings. The largest absolute Gasteiger partial charge is 0.370 e. The molecule has 0 spiro atoms. The monoisotopic (exact) mass is 258 g/mol. The first-order valence-electron chi connectivity index (χ1n) is 7.08. The molecule has 0 saturated heterocycles. The van der Waals surface area contributed by atoms with E-state index in [4.69, 9.17) is 9.47 Å². The van der Waals surface area contributed by atoms with Crippen LogP contribution in [0.2, 0.25) is 0 Å². The van der Waals surface area contributed by atoms with Crippen molar-refractivity contribution in [3.8, 4) is 0 Å². The maximum absolute atomic E-state index is 6.24. The maximum atomic E-state index is 6.24. The van der Waals surface area contributed by atoms with Gasteiger partial charge < -0.3 is 9.47 Å². The van der Waals surface area contributed by atoms with Gasteiger partial charge in [0.05, 0.1) is 22.4 Å². The minimum absolute atomic E-state index is 0.0820. The summed E-state index contributed by atoms with van der Waals surface area (Å²) in [5.74, 6) is 0. The summed E-state index contributed by atoms with van der Waals surface area (Å²) < 4.78 is 12.4. The molecule has 0 aliphatic heterocycles. The van der Waals surface area contributed by atoms with Crippen LogP contribution >= 0.6 is 0 Å². The van der Waals surface area contributed by atoms with Gasteiger partial charge in [-0.15, -0.1) is 0 Å². The molecule has 0 atom stereocenters. The highest BCUT2D eigenvalue weighted by Gasteiger charge is 2.36. The van der Waals surface area contributed by atoms with Crippen LogP contribution in [0, 0.1) is 0 Å². The molecule has 0 aromatic carbocycles. The molecule has 0 saturated carbocycles. The molecule has 0 fully saturated rings. The second-order valence-corrected chi connectivity index (χ2v) is 8.13. The summed E-state index contributed by atoms with van der Waals surface area (Å²) in [6.45, 7) is 21.3. The van der Waals surface area contributed by atoms with E-state index in [1.807, 2.05) is 0 Å². The molecule has 0 aliphatic carbocycles. The van der Waals surface area contributed by atoms with Crippen LogP contribution in [0.3, 0.4) is 0 Å². The molecule has 0 radical (unpaired) electrons. The number of rotatable bonds is 6. The lowest BCUT2D eigenvalue weighted by molar-refractivity contribution is -0.181. The van der Waals surface area contributed by atoms with Gasteiger partial charge in [0.1, 0.15) is 0 Å². The molecule has 2 nitrogen and oxygen atoms in total. The van der Waals surface area contributed by atoms with Crippen LogP contribution in [0.15, 0.2) is 0 Å². The zero-order valence-corrected chi connectivity index (χ0v) is 14.2. The van der Waals surface area contributed by atoms with Crippen molar-refractivity contribution in [1.82, 2.24) is 0 Å². The van der Waals surface area contributed by atoms with Crippen LogP contribution in [0.25, 0.3) is 0 Å². The quantitative estimate of drug-likeness (QED) is 0.671. The average molecular weight is 258 g/mol. The smallest absolute Gasteiger partial charge is 0.0661 e. The lowest BCUT2D eigenvalue weighted by Gasteiger charge is -2.42. The van der Waals surface area contributed by atoms with E-state index in [2.05, 4.69) is 69.2 Å². The van der Waals surface area contributed by atoms with E-state index >= 15 is 0 Å². The van der Waals surface area contributed by atoms with Crippen LogP contribution in [0.1, 0.15) is 82.1 Å². The lowest BCUT2D eigenvalue weighted by atomic mass is 9.90. The standard InChI is InChI=1S/C16H34O2/c1-11-14(5,6)18-16(9,10)12-15(7,8)17-13(2,3)4/h11-12H2,1-10H3. The van der Waals surface area contributed by atoms with E-state index < -0.39 is 0 Å². The van der Waals surface area contributed by atoms with Crippen molar-refractivity contribution in [2.75, 3.05) is 0 Å². The zero-order chi connectivity index (χ0) is 14.8. The molecule has 0 bridgehead atoms. The summed E-state index contributed by atoms with van der Waals surface area (Å²) in [5.41, 5.74) is -0.582. The van der Waals surface area contributed by atoms with E-state index in [1.165, 1.54) is 0 Å². The highest BCUT2D eigenvalue weighted by molar-refractivity contribution is 4.85. The van der Waals surface area contributed by atoms with Crippen LogP contribution in [0.5, 0.6) is 0 Å². The van der Waals surface area contributed by atoms with Gasteiger partial charge in [0.15, 0.2) is 0 Å². The Morgan fingerprint density at radius 3 is 1.33 bits per heavy atom. The fourth-order valence-corrected chi connectivity index (χ4v) is 2.75. The Bertz CT molecular complexity index is 257. The fourth-order valence-electron chi connectivity index (χ4n) is 2.75. The second-order valence-electron chi connectivity index (χ2n) is 8.13. The van der Waals surface area contributed by atoms with Crippen molar-refractivity contribution in [3.63, 3.8) is 0 Å². The van der Waals surface area contributed by atoms with Gasteiger partial charge in [-0.2, -0.15) is 0 Å². The summed E-state index contributed by atoms with van der Waals surface area (Å²) >= 11 is 0. The zero-order valence-electron chi connectivity index (χ0n) is 14.2. The molecular formula is C16H34O2. The van der Waals surface area contributed by atoms with Gasteiger partial charge in [0.25, 0.3) is 0 Å². The molecule has 0 aromatic heterocycles. The first-order valence-corrected chi connectivity index (χ1v) is 7.08. The Morgan fingerprint density at radius 1 is 0.611 bits per heavy atom. The third-order valence-corrected chi connectivity index (χ3v) is 2.84. The SMILES string of the molecule is CCC(C)(C)OC(C)(C)CC(C)(C)OC(C)(C)C. The fraction of sp³-hybridized carbons (Fsp3) is 1.00. The second kappa shape index (κ2) is 5.50. The molecule has 18 heavy (non-hydrogen) atoms. The maximum Gasteiger partial charge on any atom is 0.0661 e. The summed E-state index contributed by atoms with van der Waals surface area (Å²) in [5, 5.41) is 0. The summed E-state index contributed by atoms with van der Waals surface area (Å²) in [6, 6.07) is 0. The van der Waals surface area contributed by atoms with Crippen molar-refractivity contribution >= 4 is 0 Å². The average Bonchev–Trinajstić information content (AvgIpc) is 1.93. The first-order chi connectivity index (χ1) is 7.68. The van der Waals surface area contributed by atoms with Gasteiger partial charge in [-0.25, -0.2) is 0 Å². The van der Waals surface area contributed by atoms with E-state index in [9.17, 15) is 0 Å². The minimum Gasteiger partial charge on any atom is -0.370 e. The predicted molar refractivity (Wildman–Crippen MR) is 79.1 cm³/mol. The Labute approximate surface area is 114 Å². The van der Waals surface area contributed by atoms with Crippen LogP contribution in [0.4, 0.5) is 0 Å². The molecule has 0 aromatic rings. The Kier molecular flexibility index (Phi) is 5.48. The van der Waals surface area contributed by atoms with E-state index in [-0.39, 0.29) is 22.4 Å². The van der Waals surface area contributed by atoms with Crippen molar-refractivity contribution in [3.05, 3.63) is 0 Å². The van der Waals surface area contributed by atoms with Gasteiger partial charge >= 0.3 is 0 Å². The topological polar surface area (TPSA) is 18.5 Å². The van der Waals surface area contributed by atoms with E-state index in [1.54, 1.807) is 0 Å². The van der Waals surface area contributed by atoms with Crippen LogP contribution < -0.4 is 0 Å². The van der Waals surface area contributed by atoms with Gasteiger partial charge in [-0.05, 0) is 68.7 Å². The molecular weight excluding hydrogens is 224 g/mol. The van der Waals surface area contributed by atoms with Crippen molar-refractivity contribution in [1.29, 1.82) is 0 Å². The highest BCUT2D eigenvalue weighted by atomic mass is 16.5. The number of hydrogen-bond acceptors (Lipinski definition) is 2. The number of hydrogen-bond donors (Lipinski definition) is 0. The third kappa shape index (κ3) is 8.10. The van der Waals surface area contributed by atoms with Crippen LogP contribution in [-0.4, -0.2) is 22.4 Å². The molecule has 0 unspecified atom stereocenters. The Hall–Kier alpha value is -0.0800. The lowest BCUT2D eigenvalue weighted by Crippen LogP contribution is -2.45. The van der Waals surface area contributed by atoms with Gasteiger partial charge in [-0.3, -0.25) is 0 Å².